The zero-order valence-electron chi connectivity index (χ0n) is 52.6. The first-order valence-corrected chi connectivity index (χ1v) is 36.3. The summed E-state index contributed by atoms with van der Waals surface area (Å²) < 4.78 is 33.2. The molecule has 0 rings (SSSR count). The van der Waals surface area contributed by atoms with Crippen LogP contribution < -0.4 is 5.73 Å². The number of phosphoric acid groups is 1. The van der Waals surface area contributed by atoms with Crippen LogP contribution in [-0.2, 0) is 32.7 Å². The van der Waals surface area contributed by atoms with Crippen LogP contribution in [-0.4, -0.2) is 49.3 Å². The average molecular weight is 1140 g/mol. The molecule has 0 radical (unpaired) electrons. The first-order chi connectivity index (χ1) is 38.8. The number of carbonyl (C=O) groups excluding carboxylic acids is 2. The maximum Gasteiger partial charge on any atom is 0.472 e. The van der Waals surface area contributed by atoms with Crippen LogP contribution in [0.5, 0.6) is 0 Å². The molecule has 0 aromatic carbocycles. The highest BCUT2D eigenvalue weighted by Crippen LogP contribution is 2.43. The van der Waals surface area contributed by atoms with Crippen molar-refractivity contribution in [3.8, 4) is 0 Å². The summed E-state index contributed by atoms with van der Waals surface area (Å²) in [6.45, 7) is 3.82. The average Bonchev–Trinajstić information content (AvgIpc) is 3.44. The number of rotatable bonds is 67. The molecule has 0 aliphatic heterocycles. The van der Waals surface area contributed by atoms with Gasteiger partial charge in [0.15, 0.2) is 6.10 Å². The summed E-state index contributed by atoms with van der Waals surface area (Å²) in [5, 5.41) is 0. The monoisotopic (exact) mass is 1140 g/mol. The summed E-state index contributed by atoms with van der Waals surface area (Å²) in [4.78, 5) is 35.3. The quantitative estimate of drug-likeness (QED) is 0.0264. The highest BCUT2D eigenvalue weighted by atomic mass is 31.2. The Labute approximate surface area is 491 Å². The lowest BCUT2D eigenvalue weighted by Crippen LogP contribution is -2.29. The Balaban J connectivity index is 3.81. The van der Waals surface area contributed by atoms with E-state index in [1.807, 2.05) is 0 Å². The molecule has 10 heteroatoms. The molecule has 79 heavy (non-hydrogen) atoms. The van der Waals surface area contributed by atoms with E-state index < -0.39 is 26.5 Å². The first-order valence-electron chi connectivity index (χ1n) is 34.8. The predicted molar refractivity (Wildman–Crippen MR) is 340 cm³/mol. The Morgan fingerprint density at radius 1 is 0.367 bits per heavy atom. The van der Waals surface area contributed by atoms with E-state index in [0.717, 1.165) is 32.1 Å². The first kappa shape index (κ1) is 77.5. The van der Waals surface area contributed by atoms with E-state index in [9.17, 15) is 19.0 Å². The van der Waals surface area contributed by atoms with Crippen LogP contribution >= 0.6 is 7.82 Å². The third kappa shape index (κ3) is 65.5. The van der Waals surface area contributed by atoms with E-state index in [1.165, 1.54) is 308 Å². The largest absolute Gasteiger partial charge is 0.472 e. The number of hydrogen-bond acceptors (Lipinski definition) is 8. The molecule has 0 aromatic heterocycles. The SMILES string of the molecule is CCCCCCCCCC/C=C\CCCCCCCCCCCCCCCCCCCCCCCC(=O)OC(COC(=O)CCCCCCCCCCCCCCC/C=C\CCCCCCCCCC)COP(=O)(O)OCCN. The molecule has 0 fully saturated rings. The number of phosphoric ester groups is 1. The summed E-state index contributed by atoms with van der Waals surface area (Å²) in [6, 6.07) is 0. The van der Waals surface area contributed by atoms with Crippen molar-refractivity contribution in [2.45, 2.75) is 380 Å². The summed E-state index contributed by atoms with van der Waals surface area (Å²) in [5.74, 6) is -0.805. The zero-order chi connectivity index (χ0) is 57.3. The normalized spacial score (nSPS) is 13.0. The van der Waals surface area contributed by atoms with E-state index >= 15 is 0 Å². The summed E-state index contributed by atoms with van der Waals surface area (Å²) in [7, 11) is -4.39. The molecule has 0 saturated heterocycles. The van der Waals surface area contributed by atoms with Crippen LogP contribution in [0.4, 0.5) is 0 Å². The third-order valence-corrected chi connectivity index (χ3v) is 16.8. The van der Waals surface area contributed by atoms with Gasteiger partial charge in [0.25, 0.3) is 0 Å². The second kappa shape index (κ2) is 65.6. The van der Waals surface area contributed by atoms with Crippen LogP contribution in [0.1, 0.15) is 373 Å². The standard InChI is InChI=1S/C69H134NO8P/c1-3-5-7-9-11-13-15-17-19-21-23-25-27-29-30-31-32-33-34-35-36-38-40-42-44-46-48-50-52-54-56-58-60-62-69(72)78-67(66-77-79(73,74)76-64-63-70)65-75-68(71)61-59-57-55-53-51-49-47-45-43-41-39-37-28-26-24-22-20-18-16-14-12-10-8-6-4-2/h21-24,67H,3-20,25-66,70H2,1-2H3,(H,73,74)/b23-21-,24-22-. The molecule has 2 unspecified atom stereocenters. The fourth-order valence-corrected chi connectivity index (χ4v) is 11.4. The van der Waals surface area contributed by atoms with Gasteiger partial charge in [-0.25, -0.2) is 4.57 Å². The van der Waals surface area contributed by atoms with E-state index in [1.54, 1.807) is 0 Å². The van der Waals surface area contributed by atoms with Gasteiger partial charge in [-0.1, -0.05) is 321 Å². The minimum Gasteiger partial charge on any atom is -0.462 e. The van der Waals surface area contributed by atoms with Crippen LogP contribution in [0.3, 0.4) is 0 Å². The Hall–Kier alpha value is -1.51. The highest BCUT2D eigenvalue weighted by molar-refractivity contribution is 7.47. The lowest BCUT2D eigenvalue weighted by atomic mass is 10.0. The van der Waals surface area contributed by atoms with Crippen LogP contribution in [0.25, 0.3) is 0 Å². The van der Waals surface area contributed by atoms with Crippen molar-refractivity contribution in [3.05, 3.63) is 24.3 Å². The van der Waals surface area contributed by atoms with E-state index in [-0.39, 0.29) is 38.6 Å². The molecule has 0 amide bonds. The number of ether oxygens (including phenoxy) is 2. The number of hydrogen-bond donors (Lipinski definition) is 2. The summed E-state index contributed by atoms with van der Waals surface area (Å²) in [5.41, 5.74) is 5.40. The number of allylic oxidation sites excluding steroid dienone is 4. The van der Waals surface area contributed by atoms with Gasteiger partial charge >= 0.3 is 19.8 Å². The van der Waals surface area contributed by atoms with Crippen molar-refractivity contribution < 1.29 is 37.6 Å². The van der Waals surface area contributed by atoms with Gasteiger partial charge in [-0.05, 0) is 64.2 Å². The van der Waals surface area contributed by atoms with Crippen molar-refractivity contribution in [1.29, 1.82) is 0 Å². The van der Waals surface area contributed by atoms with Gasteiger partial charge < -0.3 is 20.1 Å². The molecule has 0 bridgehead atoms. The minimum absolute atomic E-state index is 0.0565. The van der Waals surface area contributed by atoms with Crippen molar-refractivity contribution >= 4 is 19.8 Å². The van der Waals surface area contributed by atoms with Gasteiger partial charge in [0, 0.05) is 19.4 Å². The Bertz CT molecular complexity index is 1340. The molecule has 0 aromatic rings. The van der Waals surface area contributed by atoms with Crippen LogP contribution in [0.2, 0.25) is 0 Å². The number of carbonyl (C=O) groups is 2. The minimum atomic E-state index is -4.39. The topological polar surface area (TPSA) is 134 Å². The maximum atomic E-state index is 12.8. The van der Waals surface area contributed by atoms with Gasteiger partial charge in [0.2, 0.25) is 0 Å². The summed E-state index contributed by atoms with van der Waals surface area (Å²) in [6.07, 6.45) is 79.9. The summed E-state index contributed by atoms with van der Waals surface area (Å²) >= 11 is 0. The maximum absolute atomic E-state index is 12.8. The molecular weight excluding hydrogens is 1000 g/mol. The van der Waals surface area contributed by atoms with Crippen molar-refractivity contribution in [2.75, 3.05) is 26.4 Å². The van der Waals surface area contributed by atoms with Crippen molar-refractivity contribution in [3.63, 3.8) is 0 Å². The molecule has 0 aliphatic rings. The number of esters is 2. The van der Waals surface area contributed by atoms with E-state index in [4.69, 9.17) is 24.3 Å². The molecule has 0 saturated carbocycles. The molecule has 468 valence electrons. The Kier molecular flexibility index (Phi) is 64.4. The third-order valence-electron chi connectivity index (χ3n) is 15.8. The molecule has 0 heterocycles. The lowest BCUT2D eigenvalue weighted by molar-refractivity contribution is -0.161. The number of nitrogens with two attached hydrogens (primary N) is 1. The van der Waals surface area contributed by atoms with Gasteiger partial charge in [-0.15, -0.1) is 0 Å². The lowest BCUT2D eigenvalue weighted by Gasteiger charge is -2.19. The Morgan fingerprint density at radius 3 is 0.899 bits per heavy atom. The van der Waals surface area contributed by atoms with Gasteiger partial charge in [-0.3, -0.25) is 18.6 Å². The fraction of sp³-hybridized carbons (Fsp3) is 0.913. The smallest absolute Gasteiger partial charge is 0.462 e. The predicted octanol–water partition coefficient (Wildman–Crippen LogP) is 22.5. The van der Waals surface area contributed by atoms with Gasteiger partial charge in [0.1, 0.15) is 6.61 Å². The second-order valence-electron chi connectivity index (χ2n) is 23.7. The number of unbranched alkanes of at least 4 members (excludes halogenated alkanes) is 50. The molecule has 3 N–H and O–H groups in total. The molecule has 0 spiro atoms. The zero-order valence-corrected chi connectivity index (χ0v) is 53.5. The Morgan fingerprint density at radius 2 is 0.620 bits per heavy atom. The second-order valence-corrected chi connectivity index (χ2v) is 25.2. The molecule has 9 nitrogen and oxygen atoms in total. The van der Waals surface area contributed by atoms with Gasteiger partial charge in [-0.2, -0.15) is 0 Å². The van der Waals surface area contributed by atoms with E-state index in [0.29, 0.717) is 6.42 Å². The van der Waals surface area contributed by atoms with Crippen LogP contribution in [0.15, 0.2) is 24.3 Å². The molecule has 0 aliphatic carbocycles. The van der Waals surface area contributed by atoms with Crippen molar-refractivity contribution in [2.24, 2.45) is 5.73 Å². The molecular formula is C69H134NO8P. The van der Waals surface area contributed by atoms with Crippen LogP contribution in [0, 0.1) is 0 Å². The molecule has 2 atom stereocenters. The van der Waals surface area contributed by atoms with Crippen molar-refractivity contribution in [1.82, 2.24) is 0 Å². The highest BCUT2D eigenvalue weighted by Gasteiger charge is 2.26. The fourth-order valence-electron chi connectivity index (χ4n) is 10.6. The van der Waals surface area contributed by atoms with Gasteiger partial charge in [0.05, 0.1) is 13.2 Å². The van der Waals surface area contributed by atoms with E-state index in [2.05, 4.69) is 38.2 Å².